The number of nitrogens with zero attached hydrogens (tertiary/aromatic N) is 1. The van der Waals surface area contributed by atoms with Crippen LogP contribution in [-0.4, -0.2) is 49.3 Å². The minimum Gasteiger partial charge on any atom is -0.396 e. The van der Waals surface area contributed by atoms with Crippen LogP contribution < -0.4 is 5.32 Å². The van der Waals surface area contributed by atoms with Crippen molar-refractivity contribution in [3.05, 3.63) is 0 Å². The van der Waals surface area contributed by atoms with Gasteiger partial charge in [-0.25, -0.2) is 0 Å². The van der Waals surface area contributed by atoms with Gasteiger partial charge in [0.2, 0.25) is 0 Å². The second kappa shape index (κ2) is 5.10. The molecule has 0 aliphatic carbocycles. The van der Waals surface area contributed by atoms with E-state index in [1.807, 2.05) is 0 Å². The Labute approximate surface area is 87.5 Å². The van der Waals surface area contributed by atoms with Crippen molar-refractivity contribution < 1.29 is 5.11 Å². The summed E-state index contributed by atoms with van der Waals surface area (Å²) in [5.74, 6) is 0.389. The van der Waals surface area contributed by atoms with Crippen molar-refractivity contribution in [2.75, 3.05) is 39.3 Å². The third-order valence-electron chi connectivity index (χ3n) is 3.13. The molecule has 84 valence electrons. The van der Waals surface area contributed by atoms with Gasteiger partial charge < -0.3 is 15.3 Å². The Bertz CT molecular complexity index is 159. The molecule has 0 aromatic heterocycles. The molecule has 1 heterocycles. The molecule has 1 rings (SSSR count). The Morgan fingerprint density at radius 1 is 1.29 bits per heavy atom. The van der Waals surface area contributed by atoms with Crippen LogP contribution in [0.25, 0.3) is 0 Å². The third-order valence-corrected chi connectivity index (χ3v) is 3.13. The van der Waals surface area contributed by atoms with Gasteiger partial charge in [-0.1, -0.05) is 20.8 Å². The predicted molar refractivity (Wildman–Crippen MR) is 59.3 cm³/mol. The molecule has 1 atom stereocenters. The van der Waals surface area contributed by atoms with Gasteiger partial charge in [0.1, 0.15) is 0 Å². The molecular formula is C11H24N2O. The number of hydrogen-bond acceptors (Lipinski definition) is 3. The summed E-state index contributed by atoms with van der Waals surface area (Å²) in [5, 5.41) is 12.7. The van der Waals surface area contributed by atoms with Crippen LogP contribution in [0.3, 0.4) is 0 Å². The highest BCUT2D eigenvalue weighted by atomic mass is 16.3. The lowest BCUT2D eigenvalue weighted by atomic mass is 9.81. The van der Waals surface area contributed by atoms with E-state index in [9.17, 15) is 5.11 Å². The van der Waals surface area contributed by atoms with Crippen LogP contribution >= 0.6 is 0 Å². The first-order valence-corrected chi connectivity index (χ1v) is 5.58. The van der Waals surface area contributed by atoms with Crippen molar-refractivity contribution in [1.82, 2.24) is 10.2 Å². The van der Waals surface area contributed by atoms with E-state index in [1.54, 1.807) is 0 Å². The fourth-order valence-corrected chi connectivity index (χ4v) is 1.81. The van der Waals surface area contributed by atoms with E-state index in [0.29, 0.717) is 12.5 Å². The summed E-state index contributed by atoms with van der Waals surface area (Å²) in [7, 11) is 0. The maximum atomic E-state index is 9.35. The van der Waals surface area contributed by atoms with Crippen LogP contribution in [-0.2, 0) is 0 Å². The lowest BCUT2D eigenvalue weighted by Gasteiger charge is -2.36. The predicted octanol–water partition coefficient (Wildman–Crippen LogP) is 0.546. The van der Waals surface area contributed by atoms with E-state index >= 15 is 0 Å². The van der Waals surface area contributed by atoms with Gasteiger partial charge in [0.15, 0.2) is 0 Å². The first-order chi connectivity index (χ1) is 6.54. The number of piperazine rings is 1. The molecule has 3 nitrogen and oxygen atoms in total. The minimum absolute atomic E-state index is 0.208. The van der Waals surface area contributed by atoms with Gasteiger partial charge in [0, 0.05) is 39.3 Å². The summed E-state index contributed by atoms with van der Waals surface area (Å²) in [5.41, 5.74) is 0.208. The number of aliphatic hydroxyl groups is 1. The molecule has 0 bridgehead atoms. The minimum atomic E-state index is 0.208. The molecule has 1 aliphatic rings. The number of hydrogen-bond donors (Lipinski definition) is 2. The molecular weight excluding hydrogens is 176 g/mol. The summed E-state index contributed by atoms with van der Waals surface area (Å²) in [4.78, 5) is 2.45. The maximum Gasteiger partial charge on any atom is 0.0476 e. The highest BCUT2D eigenvalue weighted by Crippen LogP contribution is 2.26. The molecule has 0 amide bonds. The summed E-state index contributed by atoms with van der Waals surface area (Å²) < 4.78 is 0. The zero-order valence-corrected chi connectivity index (χ0v) is 9.71. The average Bonchev–Trinajstić information content (AvgIpc) is 2.14. The fourth-order valence-electron chi connectivity index (χ4n) is 1.81. The Morgan fingerprint density at radius 2 is 1.86 bits per heavy atom. The van der Waals surface area contributed by atoms with Crippen molar-refractivity contribution in [1.29, 1.82) is 0 Å². The van der Waals surface area contributed by atoms with Crippen molar-refractivity contribution in [3.63, 3.8) is 0 Å². The van der Waals surface area contributed by atoms with Crippen LogP contribution in [0, 0.1) is 11.3 Å². The molecule has 1 saturated heterocycles. The van der Waals surface area contributed by atoms with E-state index in [0.717, 1.165) is 32.7 Å². The van der Waals surface area contributed by atoms with E-state index in [1.165, 1.54) is 0 Å². The molecule has 0 aromatic carbocycles. The van der Waals surface area contributed by atoms with Gasteiger partial charge >= 0.3 is 0 Å². The van der Waals surface area contributed by atoms with Crippen LogP contribution in [0.2, 0.25) is 0 Å². The topological polar surface area (TPSA) is 35.5 Å². The summed E-state index contributed by atoms with van der Waals surface area (Å²) in [6.45, 7) is 12.3. The molecule has 0 radical (unpaired) electrons. The van der Waals surface area contributed by atoms with Gasteiger partial charge in [-0.05, 0) is 11.3 Å². The molecule has 3 heteroatoms. The number of rotatable bonds is 3. The Morgan fingerprint density at radius 3 is 2.29 bits per heavy atom. The van der Waals surface area contributed by atoms with Crippen LogP contribution in [0.1, 0.15) is 20.8 Å². The normalized spacial score (nSPS) is 22.3. The standard InChI is InChI=1S/C11H24N2O/c1-11(2,3)10(9-14)8-13-6-4-12-5-7-13/h10,12,14H,4-9H2,1-3H3. The summed E-state index contributed by atoms with van der Waals surface area (Å²) in [6, 6.07) is 0. The number of aliphatic hydroxyl groups excluding tert-OH is 1. The highest BCUT2D eigenvalue weighted by Gasteiger charge is 2.26. The van der Waals surface area contributed by atoms with Crippen molar-refractivity contribution in [3.8, 4) is 0 Å². The molecule has 0 spiro atoms. The van der Waals surface area contributed by atoms with Crippen molar-refractivity contribution in [2.24, 2.45) is 11.3 Å². The van der Waals surface area contributed by atoms with Crippen LogP contribution in [0.4, 0.5) is 0 Å². The second-order valence-corrected chi connectivity index (χ2v) is 5.30. The Hall–Kier alpha value is -0.120. The monoisotopic (exact) mass is 200 g/mol. The summed E-state index contributed by atoms with van der Waals surface area (Å²) in [6.07, 6.45) is 0. The van der Waals surface area contributed by atoms with Gasteiger partial charge in [-0.2, -0.15) is 0 Å². The zero-order valence-electron chi connectivity index (χ0n) is 9.71. The average molecular weight is 200 g/mol. The maximum absolute atomic E-state index is 9.35. The molecule has 2 N–H and O–H groups in total. The van der Waals surface area contributed by atoms with Gasteiger partial charge in [0.25, 0.3) is 0 Å². The highest BCUT2D eigenvalue weighted by molar-refractivity contribution is 4.78. The van der Waals surface area contributed by atoms with Crippen molar-refractivity contribution in [2.45, 2.75) is 20.8 Å². The first kappa shape index (κ1) is 12.0. The lowest BCUT2D eigenvalue weighted by molar-refractivity contribution is 0.0817. The van der Waals surface area contributed by atoms with Gasteiger partial charge in [-0.3, -0.25) is 0 Å². The SMILES string of the molecule is CC(C)(C)C(CO)CN1CCNCC1. The Balaban J connectivity index is 2.39. The first-order valence-electron chi connectivity index (χ1n) is 5.58. The lowest BCUT2D eigenvalue weighted by Crippen LogP contribution is -2.47. The Kier molecular flexibility index (Phi) is 4.35. The van der Waals surface area contributed by atoms with E-state index in [-0.39, 0.29) is 5.41 Å². The fraction of sp³-hybridized carbons (Fsp3) is 1.00. The quantitative estimate of drug-likeness (QED) is 0.698. The molecule has 0 aromatic rings. The van der Waals surface area contributed by atoms with Crippen LogP contribution in [0.15, 0.2) is 0 Å². The van der Waals surface area contributed by atoms with Gasteiger partial charge in [-0.15, -0.1) is 0 Å². The van der Waals surface area contributed by atoms with E-state index in [2.05, 4.69) is 31.0 Å². The largest absolute Gasteiger partial charge is 0.396 e. The van der Waals surface area contributed by atoms with Crippen molar-refractivity contribution >= 4 is 0 Å². The van der Waals surface area contributed by atoms with Crippen LogP contribution in [0.5, 0.6) is 0 Å². The molecule has 1 aliphatic heterocycles. The van der Waals surface area contributed by atoms with E-state index in [4.69, 9.17) is 0 Å². The number of nitrogens with one attached hydrogen (secondary N) is 1. The smallest absolute Gasteiger partial charge is 0.0476 e. The zero-order chi connectivity index (χ0) is 10.6. The molecule has 14 heavy (non-hydrogen) atoms. The molecule has 0 saturated carbocycles. The molecule has 1 unspecified atom stereocenters. The second-order valence-electron chi connectivity index (χ2n) is 5.30. The van der Waals surface area contributed by atoms with E-state index < -0.39 is 0 Å². The van der Waals surface area contributed by atoms with Gasteiger partial charge in [0.05, 0.1) is 0 Å². The molecule has 1 fully saturated rings. The third kappa shape index (κ3) is 3.56. The summed E-state index contributed by atoms with van der Waals surface area (Å²) >= 11 is 0.